The number of carboxylic acids is 1. The third-order valence-corrected chi connectivity index (χ3v) is 10.0. The van der Waals surface area contributed by atoms with Crippen LogP contribution in [0.2, 0.25) is 0 Å². The third-order valence-electron chi connectivity index (χ3n) is 8.85. The van der Waals surface area contributed by atoms with Gasteiger partial charge in [-0.05, 0) is 106 Å². The Morgan fingerprint density at radius 3 is 2.35 bits per heavy atom. The number of carboxylic acid groups (broad SMARTS) is 1. The van der Waals surface area contributed by atoms with E-state index in [0.717, 1.165) is 80.1 Å². The van der Waals surface area contributed by atoms with Crippen LogP contribution in [0.5, 0.6) is 0 Å². The minimum absolute atomic E-state index is 0.214. The molecule has 3 heterocycles. The van der Waals surface area contributed by atoms with Crippen molar-refractivity contribution >= 4 is 17.3 Å². The van der Waals surface area contributed by atoms with E-state index in [4.69, 9.17) is 0 Å². The van der Waals surface area contributed by atoms with Crippen LogP contribution in [0.25, 0.3) is 0 Å². The number of thiazole rings is 1. The van der Waals surface area contributed by atoms with Crippen LogP contribution >= 0.6 is 11.3 Å². The van der Waals surface area contributed by atoms with E-state index >= 15 is 0 Å². The van der Waals surface area contributed by atoms with Crippen molar-refractivity contribution in [3.63, 3.8) is 0 Å². The molecule has 3 aliphatic rings. The molecule has 3 aromatic rings. The lowest BCUT2D eigenvalue weighted by atomic mass is 9.96. The standard InChI is InChI=1S/C17H19F3N2S.C16H20FNO2/c1-22-8-6-13(7-9-22)15-11-21-16(23-15)10-12-2-4-14(5-3-12)17(18,19)20;17-14-3-1-2-12(9-14)13-6-7-18(10-13)15(16(19)20)8-11-4-5-11/h2-5,11,13H,6-10H2,1H3;1-3,9,11,13,15H,4-8,10H2,(H,19,20). The van der Waals surface area contributed by atoms with Gasteiger partial charge in [0.15, 0.2) is 0 Å². The summed E-state index contributed by atoms with van der Waals surface area (Å²) in [6, 6.07) is 11.7. The molecular weight excluding hydrogens is 578 g/mol. The molecule has 2 saturated heterocycles. The first-order chi connectivity index (χ1) is 20.5. The van der Waals surface area contributed by atoms with Crippen molar-refractivity contribution in [3.05, 3.63) is 87.1 Å². The lowest BCUT2D eigenvalue weighted by molar-refractivity contribution is -0.143. The van der Waals surface area contributed by atoms with E-state index in [0.29, 0.717) is 18.3 Å². The molecule has 0 radical (unpaired) electrons. The number of halogens is 4. The fourth-order valence-corrected chi connectivity index (χ4v) is 7.18. The number of carbonyl (C=O) groups is 1. The fourth-order valence-electron chi connectivity index (χ4n) is 6.05. The van der Waals surface area contributed by atoms with Crippen LogP contribution in [0, 0.1) is 11.7 Å². The monoisotopic (exact) mass is 617 g/mol. The number of alkyl halides is 3. The number of hydrogen-bond acceptors (Lipinski definition) is 5. The van der Waals surface area contributed by atoms with E-state index in [9.17, 15) is 27.5 Å². The first-order valence-electron chi connectivity index (χ1n) is 15.1. The minimum Gasteiger partial charge on any atom is -0.480 e. The topological polar surface area (TPSA) is 56.7 Å². The zero-order valence-electron chi connectivity index (χ0n) is 24.4. The number of piperidine rings is 1. The smallest absolute Gasteiger partial charge is 0.416 e. The number of hydrogen-bond donors (Lipinski definition) is 1. The molecule has 2 atom stereocenters. The molecule has 0 amide bonds. The second-order valence-corrected chi connectivity index (χ2v) is 13.3. The van der Waals surface area contributed by atoms with Gasteiger partial charge in [-0.25, -0.2) is 9.37 Å². The highest BCUT2D eigenvalue weighted by Crippen LogP contribution is 2.37. The summed E-state index contributed by atoms with van der Waals surface area (Å²) < 4.78 is 51.0. The van der Waals surface area contributed by atoms with Gasteiger partial charge in [-0.3, -0.25) is 9.69 Å². The second-order valence-electron chi connectivity index (χ2n) is 12.2. The lowest BCUT2D eigenvalue weighted by Crippen LogP contribution is -2.40. The molecule has 5 nitrogen and oxygen atoms in total. The summed E-state index contributed by atoms with van der Waals surface area (Å²) in [4.78, 5) is 21.6. The SMILES string of the molecule is CN1CCC(c2cnc(Cc3ccc(C(F)(F)F)cc3)s2)CC1.O=C(O)C(CC1CC1)N1CCC(c2cccc(F)c2)C1. The number of likely N-dealkylation sites (tertiary alicyclic amines) is 2. The zero-order valence-corrected chi connectivity index (χ0v) is 25.2. The summed E-state index contributed by atoms with van der Waals surface area (Å²) >= 11 is 1.69. The Balaban J connectivity index is 0.000000173. The number of aliphatic carboxylic acids is 1. The van der Waals surface area contributed by atoms with E-state index < -0.39 is 17.7 Å². The van der Waals surface area contributed by atoms with Crippen molar-refractivity contribution in [3.8, 4) is 0 Å². The molecule has 6 rings (SSSR count). The van der Waals surface area contributed by atoms with Crippen LogP contribution in [-0.2, 0) is 17.4 Å². The van der Waals surface area contributed by atoms with Crippen molar-refractivity contribution in [2.45, 2.75) is 69.0 Å². The van der Waals surface area contributed by atoms with Crippen molar-refractivity contribution < 1.29 is 27.5 Å². The Labute approximate surface area is 254 Å². The molecule has 1 aliphatic carbocycles. The Hall–Kier alpha value is -2.82. The molecule has 1 aromatic heterocycles. The highest BCUT2D eigenvalue weighted by Gasteiger charge is 2.37. The first-order valence-corrected chi connectivity index (χ1v) is 15.9. The molecule has 232 valence electrons. The van der Waals surface area contributed by atoms with Gasteiger partial charge in [-0.1, -0.05) is 37.1 Å². The molecule has 3 fully saturated rings. The Kier molecular flexibility index (Phi) is 10.2. The molecule has 0 bridgehead atoms. The van der Waals surface area contributed by atoms with E-state index in [1.807, 2.05) is 12.3 Å². The Morgan fingerprint density at radius 1 is 1.02 bits per heavy atom. The number of aromatic nitrogens is 1. The van der Waals surface area contributed by atoms with Crippen LogP contribution in [0.3, 0.4) is 0 Å². The van der Waals surface area contributed by atoms with Gasteiger partial charge in [0.1, 0.15) is 11.9 Å². The molecule has 2 aromatic carbocycles. The van der Waals surface area contributed by atoms with Gasteiger partial charge in [-0.2, -0.15) is 13.2 Å². The number of nitrogens with zero attached hydrogens (tertiary/aromatic N) is 3. The van der Waals surface area contributed by atoms with Crippen molar-refractivity contribution in [2.75, 3.05) is 33.2 Å². The maximum Gasteiger partial charge on any atom is 0.416 e. The van der Waals surface area contributed by atoms with E-state index in [1.165, 1.54) is 23.8 Å². The molecule has 1 N–H and O–H groups in total. The van der Waals surface area contributed by atoms with Crippen molar-refractivity contribution in [1.29, 1.82) is 0 Å². The van der Waals surface area contributed by atoms with Crippen LogP contribution < -0.4 is 0 Å². The quantitative estimate of drug-likeness (QED) is 0.267. The second kappa shape index (κ2) is 13.9. The third kappa shape index (κ3) is 8.86. The predicted molar refractivity (Wildman–Crippen MR) is 160 cm³/mol. The predicted octanol–water partition coefficient (Wildman–Crippen LogP) is 7.43. The summed E-state index contributed by atoms with van der Waals surface area (Å²) in [7, 11) is 2.14. The van der Waals surface area contributed by atoms with Gasteiger partial charge in [0, 0.05) is 24.0 Å². The van der Waals surface area contributed by atoms with E-state index in [-0.39, 0.29) is 17.8 Å². The summed E-state index contributed by atoms with van der Waals surface area (Å²) in [5.41, 5.74) is 1.25. The molecule has 0 spiro atoms. The van der Waals surface area contributed by atoms with Crippen LogP contribution in [0.4, 0.5) is 17.6 Å². The van der Waals surface area contributed by atoms with Crippen molar-refractivity contribution in [2.24, 2.45) is 5.92 Å². The maximum atomic E-state index is 13.3. The molecule has 2 unspecified atom stereocenters. The van der Waals surface area contributed by atoms with Crippen LogP contribution in [0.15, 0.2) is 54.7 Å². The first kappa shape index (κ1) is 31.6. The van der Waals surface area contributed by atoms with Gasteiger partial charge in [0.05, 0.1) is 10.6 Å². The molecular formula is C33H39F4N3O2S. The van der Waals surface area contributed by atoms with E-state index in [1.54, 1.807) is 35.6 Å². The van der Waals surface area contributed by atoms with Gasteiger partial charge in [0.25, 0.3) is 0 Å². The molecule has 43 heavy (non-hydrogen) atoms. The fraction of sp³-hybridized carbons (Fsp3) is 0.515. The summed E-state index contributed by atoms with van der Waals surface area (Å²) in [5.74, 6) is 0.506. The highest BCUT2D eigenvalue weighted by atomic mass is 32.1. The maximum absolute atomic E-state index is 13.3. The minimum atomic E-state index is -4.28. The van der Waals surface area contributed by atoms with Gasteiger partial charge in [0.2, 0.25) is 0 Å². The molecule has 10 heteroatoms. The van der Waals surface area contributed by atoms with E-state index in [2.05, 4.69) is 21.8 Å². The normalized spacial score (nSPS) is 20.9. The van der Waals surface area contributed by atoms with Crippen LogP contribution in [-0.4, -0.2) is 65.1 Å². The molecule has 1 saturated carbocycles. The van der Waals surface area contributed by atoms with Gasteiger partial charge < -0.3 is 10.0 Å². The van der Waals surface area contributed by atoms with Crippen molar-refractivity contribution in [1.82, 2.24) is 14.8 Å². The van der Waals surface area contributed by atoms with Gasteiger partial charge in [-0.15, -0.1) is 11.3 Å². The average molecular weight is 618 g/mol. The lowest BCUT2D eigenvalue weighted by Gasteiger charge is -2.27. The summed E-state index contributed by atoms with van der Waals surface area (Å²) in [6.07, 6.45) is 4.59. The van der Waals surface area contributed by atoms with Gasteiger partial charge >= 0.3 is 12.1 Å². The highest BCUT2D eigenvalue weighted by molar-refractivity contribution is 7.11. The average Bonchev–Trinajstić information content (AvgIpc) is 3.45. The Morgan fingerprint density at radius 2 is 1.72 bits per heavy atom. The largest absolute Gasteiger partial charge is 0.480 e. The number of rotatable bonds is 8. The van der Waals surface area contributed by atoms with Crippen LogP contribution in [0.1, 0.15) is 76.9 Å². The zero-order chi connectivity index (χ0) is 30.6. The summed E-state index contributed by atoms with van der Waals surface area (Å²) in [6.45, 7) is 3.74. The Bertz CT molecular complexity index is 1350. The number of benzene rings is 2. The molecule has 2 aliphatic heterocycles. The summed E-state index contributed by atoms with van der Waals surface area (Å²) in [5, 5.41) is 10.4.